The second kappa shape index (κ2) is 12.3. The van der Waals surface area contributed by atoms with E-state index in [9.17, 15) is 4.79 Å². The van der Waals surface area contributed by atoms with Crippen LogP contribution in [0.4, 0.5) is 10.7 Å². The second-order valence-electron chi connectivity index (χ2n) is 11.2. The summed E-state index contributed by atoms with van der Waals surface area (Å²) in [7, 11) is 0. The van der Waals surface area contributed by atoms with E-state index < -0.39 is 0 Å². The van der Waals surface area contributed by atoms with E-state index >= 15 is 0 Å². The molecule has 5 rings (SSSR count). The molecule has 1 amide bonds. The van der Waals surface area contributed by atoms with Gasteiger partial charge in [0.1, 0.15) is 17.4 Å². The third-order valence-electron chi connectivity index (χ3n) is 7.35. The van der Waals surface area contributed by atoms with Crippen molar-refractivity contribution < 1.29 is 9.53 Å². The molecule has 4 nitrogen and oxygen atoms in total. The van der Waals surface area contributed by atoms with E-state index in [-0.39, 0.29) is 11.3 Å². The Labute approximate surface area is 253 Å². The quantitative estimate of drug-likeness (QED) is 0.206. The largest absolute Gasteiger partial charge is 0.488 e. The fourth-order valence-corrected chi connectivity index (χ4v) is 6.61. The van der Waals surface area contributed by atoms with Crippen LogP contribution < -0.4 is 10.1 Å². The summed E-state index contributed by atoms with van der Waals surface area (Å²) < 4.78 is 7.19. The molecule has 7 heteroatoms. The van der Waals surface area contributed by atoms with Crippen molar-refractivity contribution in [3.8, 4) is 5.75 Å². The first-order chi connectivity index (χ1) is 19.2. The summed E-state index contributed by atoms with van der Waals surface area (Å²) >= 11 is 11.2. The summed E-state index contributed by atoms with van der Waals surface area (Å²) in [5.41, 5.74) is 4.66. The molecule has 206 valence electrons. The Hall–Kier alpha value is -2.93. The topological polar surface area (TPSA) is 50.7 Å². The number of aliphatic imine (C=N–C) groups is 1. The van der Waals surface area contributed by atoms with Gasteiger partial charge in [-0.2, -0.15) is 0 Å². The highest BCUT2D eigenvalue weighted by Gasteiger charge is 2.33. The van der Waals surface area contributed by atoms with E-state index in [2.05, 4.69) is 42.0 Å². The summed E-state index contributed by atoms with van der Waals surface area (Å²) in [6, 6.07) is 23.1. The maximum absolute atomic E-state index is 13.7. The van der Waals surface area contributed by atoms with Crippen molar-refractivity contribution in [3.05, 3.63) is 109 Å². The number of hydrogen-bond donors (Lipinski definition) is 1. The molecule has 1 aliphatic carbocycles. The van der Waals surface area contributed by atoms with E-state index in [4.69, 9.17) is 21.3 Å². The number of carbonyl (C=O) groups is 1. The Morgan fingerprint density at radius 3 is 2.55 bits per heavy atom. The number of carbonyl (C=O) groups excluding carboxylic acids is 1. The zero-order valence-electron chi connectivity index (χ0n) is 22.8. The number of benzene rings is 3. The molecule has 4 aromatic rings. The molecule has 0 radical (unpaired) electrons. The van der Waals surface area contributed by atoms with E-state index in [1.54, 1.807) is 23.5 Å². The molecule has 40 heavy (non-hydrogen) atoms. The monoisotopic (exact) mass is 634 g/mol. The Morgan fingerprint density at radius 1 is 1.10 bits per heavy atom. The Balaban J connectivity index is 1.44. The fourth-order valence-electron chi connectivity index (χ4n) is 4.95. The number of anilines is 1. The van der Waals surface area contributed by atoms with Gasteiger partial charge >= 0.3 is 0 Å². The average Bonchev–Trinajstić information content (AvgIpc) is 3.30. The van der Waals surface area contributed by atoms with E-state index in [0.717, 1.165) is 51.2 Å². The van der Waals surface area contributed by atoms with Crippen LogP contribution in [0.25, 0.3) is 0 Å². The molecule has 0 saturated heterocycles. The van der Waals surface area contributed by atoms with Gasteiger partial charge in [0.05, 0.1) is 5.56 Å². The molecule has 3 aromatic carbocycles. The molecule has 1 atom stereocenters. The van der Waals surface area contributed by atoms with Crippen molar-refractivity contribution in [3.63, 3.8) is 0 Å². The molecule has 1 aromatic heterocycles. The fraction of sp³-hybridized carbons (Fsp3) is 0.273. The molecule has 1 aliphatic rings. The Morgan fingerprint density at radius 2 is 1.82 bits per heavy atom. The molecule has 1 N–H and O–H groups in total. The van der Waals surface area contributed by atoms with Crippen molar-refractivity contribution in [1.82, 2.24) is 0 Å². The van der Waals surface area contributed by atoms with E-state index in [1.165, 1.54) is 4.88 Å². The molecule has 0 saturated carbocycles. The van der Waals surface area contributed by atoms with Gasteiger partial charge in [0, 0.05) is 31.8 Å². The zero-order valence-corrected chi connectivity index (χ0v) is 26.0. The lowest BCUT2D eigenvalue weighted by molar-refractivity contribution is 0.102. The van der Waals surface area contributed by atoms with Gasteiger partial charge in [0.2, 0.25) is 0 Å². The molecule has 0 unspecified atom stereocenters. The van der Waals surface area contributed by atoms with Crippen LogP contribution in [0.1, 0.15) is 59.1 Å². The van der Waals surface area contributed by atoms with Gasteiger partial charge in [0.15, 0.2) is 0 Å². The number of nitrogens with one attached hydrogen (secondary N) is 1. The first-order valence-corrected chi connectivity index (χ1v) is 15.4. The average molecular weight is 636 g/mol. The highest BCUT2D eigenvalue weighted by Crippen LogP contribution is 2.45. The van der Waals surface area contributed by atoms with Crippen LogP contribution in [0.5, 0.6) is 5.75 Å². The minimum Gasteiger partial charge on any atom is -0.488 e. The summed E-state index contributed by atoms with van der Waals surface area (Å²) in [5, 5.41) is 4.42. The lowest BCUT2D eigenvalue weighted by Crippen LogP contribution is -2.27. The number of halogens is 2. The van der Waals surface area contributed by atoms with Crippen LogP contribution in [0, 0.1) is 11.3 Å². The summed E-state index contributed by atoms with van der Waals surface area (Å²) in [5.74, 6) is 1.17. The number of ether oxygens (including phenoxy) is 1. The first kappa shape index (κ1) is 28.6. The molecule has 0 fully saturated rings. The normalized spacial score (nSPS) is 15.2. The Bertz CT molecular complexity index is 1520. The van der Waals surface area contributed by atoms with Crippen LogP contribution in [0.2, 0.25) is 5.02 Å². The van der Waals surface area contributed by atoms with Crippen molar-refractivity contribution in [2.24, 2.45) is 16.3 Å². The Kier molecular flexibility index (Phi) is 8.79. The third-order valence-corrected chi connectivity index (χ3v) is 9.29. The smallest absolute Gasteiger partial charge is 0.259 e. The van der Waals surface area contributed by atoms with Gasteiger partial charge in [-0.15, -0.1) is 11.3 Å². The van der Waals surface area contributed by atoms with Crippen molar-refractivity contribution in [1.29, 1.82) is 0 Å². The number of fused-ring (bicyclic) bond motifs is 1. The highest BCUT2D eigenvalue weighted by atomic mass is 79.9. The van der Waals surface area contributed by atoms with E-state index in [0.29, 0.717) is 28.8 Å². The predicted molar refractivity (Wildman–Crippen MR) is 171 cm³/mol. The number of thiophene rings is 1. The second-order valence-corrected chi connectivity index (χ2v) is 13.6. The zero-order chi connectivity index (χ0) is 28.3. The van der Waals surface area contributed by atoms with Crippen LogP contribution in [-0.2, 0) is 19.4 Å². The standard InChI is InChI=1S/C33H32BrClN2O2S/c1-33(2,3)23-10-17-27-29(18-23)40-32(30(27)31(38)37-26-15-13-25(35)14-16-26)36-19-22-6-4-5-7-28(22)39-20-21-8-11-24(34)12-9-21/h4-9,11-16,19,23H,10,17-18,20H2,1-3H3,(H,37,38)/t23-/m0/s1. The lowest BCUT2D eigenvalue weighted by Gasteiger charge is -2.33. The summed E-state index contributed by atoms with van der Waals surface area (Å²) in [4.78, 5) is 19.8. The van der Waals surface area contributed by atoms with Crippen molar-refractivity contribution >= 4 is 61.7 Å². The molecule has 1 heterocycles. The SMILES string of the molecule is CC(C)(C)[C@H]1CCc2c(sc(N=Cc3ccccc3OCc3ccc(Br)cc3)c2C(=O)Nc2ccc(Cl)cc2)C1. The van der Waals surface area contributed by atoms with Crippen LogP contribution in [0.3, 0.4) is 0 Å². The van der Waals surface area contributed by atoms with Gasteiger partial charge in [0.25, 0.3) is 5.91 Å². The maximum Gasteiger partial charge on any atom is 0.259 e. The molecular weight excluding hydrogens is 604 g/mol. The summed E-state index contributed by atoms with van der Waals surface area (Å²) in [6.07, 6.45) is 4.71. The van der Waals surface area contributed by atoms with Crippen LogP contribution in [-0.4, -0.2) is 12.1 Å². The number of rotatable bonds is 7. The molecule has 0 spiro atoms. The van der Waals surface area contributed by atoms with Gasteiger partial charge in [-0.25, -0.2) is 4.99 Å². The van der Waals surface area contributed by atoms with Crippen LogP contribution >= 0.6 is 38.9 Å². The minimum absolute atomic E-state index is 0.138. The maximum atomic E-state index is 13.7. The van der Waals surface area contributed by atoms with E-state index in [1.807, 2.05) is 66.9 Å². The first-order valence-electron chi connectivity index (χ1n) is 13.4. The third kappa shape index (κ3) is 6.85. The number of hydrogen-bond acceptors (Lipinski definition) is 4. The van der Waals surface area contributed by atoms with Crippen molar-refractivity contribution in [2.45, 2.75) is 46.6 Å². The van der Waals surface area contributed by atoms with Crippen LogP contribution in [0.15, 0.2) is 82.3 Å². The predicted octanol–water partition coefficient (Wildman–Crippen LogP) is 9.90. The summed E-state index contributed by atoms with van der Waals surface area (Å²) in [6.45, 7) is 7.35. The number of amides is 1. The van der Waals surface area contributed by atoms with Crippen molar-refractivity contribution in [2.75, 3.05) is 5.32 Å². The number of para-hydroxylation sites is 1. The van der Waals surface area contributed by atoms with Gasteiger partial charge < -0.3 is 10.1 Å². The van der Waals surface area contributed by atoms with Gasteiger partial charge in [-0.05, 0) is 90.3 Å². The lowest BCUT2D eigenvalue weighted by atomic mass is 9.72. The molecule has 0 aliphatic heterocycles. The van der Waals surface area contributed by atoms with Gasteiger partial charge in [-0.3, -0.25) is 4.79 Å². The minimum atomic E-state index is -0.138. The number of nitrogens with zero attached hydrogens (tertiary/aromatic N) is 1. The molecular formula is C33H32BrClN2O2S. The molecule has 0 bridgehead atoms. The van der Waals surface area contributed by atoms with Gasteiger partial charge in [-0.1, -0.05) is 72.6 Å². The highest BCUT2D eigenvalue weighted by molar-refractivity contribution is 9.10.